The first-order valence-electron chi connectivity index (χ1n) is 9.87. The number of aromatic nitrogens is 2. The quantitative estimate of drug-likeness (QED) is 0.400. The molecule has 0 fully saturated rings. The van der Waals surface area contributed by atoms with Crippen molar-refractivity contribution in [2.45, 2.75) is 6.54 Å². The van der Waals surface area contributed by atoms with Crippen molar-refractivity contribution in [3.05, 3.63) is 92.2 Å². The number of nitrogens with one attached hydrogen (secondary N) is 1. The van der Waals surface area contributed by atoms with Gasteiger partial charge in [-0.15, -0.1) is 0 Å². The molecule has 4 rings (SSSR count). The van der Waals surface area contributed by atoms with Gasteiger partial charge in [-0.2, -0.15) is 10.4 Å². The van der Waals surface area contributed by atoms with Crippen molar-refractivity contribution in [3.63, 3.8) is 0 Å². The average molecular weight is 461 g/mol. The van der Waals surface area contributed by atoms with E-state index in [1.54, 1.807) is 30.3 Å². The molecule has 0 atom stereocenters. The lowest BCUT2D eigenvalue weighted by Crippen LogP contribution is -2.15. The van der Waals surface area contributed by atoms with Gasteiger partial charge >= 0.3 is 0 Å². The lowest BCUT2D eigenvalue weighted by atomic mass is 9.89. The Bertz CT molecular complexity index is 1580. The van der Waals surface area contributed by atoms with Gasteiger partial charge in [0.15, 0.2) is 0 Å². The molecule has 0 aliphatic heterocycles. The molecule has 1 aromatic heterocycles. The van der Waals surface area contributed by atoms with Gasteiger partial charge in [-0.05, 0) is 29.1 Å². The van der Waals surface area contributed by atoms with E-state index in [1.165, 1.54) is 25.4 Å². The minimum Gasteiger partial charge on any atom is -0.404 e. The highest BCUT2D eigenvalue weighted by molar-refractivity contribution is 6.37. The normalized spacial score (nSPS) is 12.3. The Hall–Kier alpha value is -4.06. The number of nitrogens with zero attached hydrogens (tertiary/aromatic N) is 3. The highest BCUT2D eigenvalue weighted by atomic mass is 35.5. The van der Waals surface area contributed by atoms with Crippen molar-refractivity contribution >= 4 is 44.4 Å². The molecule has 4 aromatic rings. The smallest absolute Gasteiger partial charge is 0.273 e. The monoisotopic (exact) mass is 460 g/mol. The van der Waals surface area contributed by atoms with Crippen LogP contribution in [0.2, 0.25) is 5.02 Å². The van der Waals surface area contributed by atoms with Crippen LogP contribution >= 0.6 is 11.6 Å². The summed E-state index contributed by atoms with van der Waals surface area (Å²) in [7, 11) is 1.48. The predicted octanol–water partition coefficient (Wildman–Crippen LogP) is 3.62. The first-order valence-corrected chi connectivity index (χ1v) is 10.2. The lowest BCUT2D eigenvalue weighted by molar-refractivity contribution is 0.627. The summed E-state index contributed by atoms with van der Waals surface area (Å²) in [6.45, 7) is 0.0569. The Labute approximate surface area is 192 Å². The van der Waals surface area contributed by atoms with Gasteiger partial charge in [0, 0.05) is 36.1 Å². The van der Waals surface area contributed by atoms with Crippen LogP contribution in [0.4, 0.5) is 4.39 Å². The van der Waals surface area contributed by atoms with Crippen LogP contribution in [-0.4, -0.2) is 23.0 Å². The van der Waals surface area contributed by atoms with Gasteiger partial charge in [0.25, 0.3) is 5.56 Å². The first kappa shape index (κ1) is 22.1. The van der Waals surface area contributed by atoms with Crippen molar-refractivity contribution in [1.82, 2.24) is 10.2 Å². The number of hydrogen-bond acceptors (Lipinski definition) is 6. The van der Waals surface area contributed by atoms with E-state index in [0.717, 1.165) is 0 Å². The molecular formula is C24H18ClFN6O. The number of hydrogen-bond donors (Lipinski definition) is 3. The number of halogens is 2. The Morgan fingerprint density at radius 3 is 2.73 bits per heavy atom. The molecule has 7 nitrogen and oxygen atoms in total. The van der Waals surface area contributed by atoms with Crippen LogP contribution in [0, 0.1) is 17.1 Å². The summed E-state index contributed by atoms with van der Waals surface area (Å²) < 4.78 is 15.3. The van der Waals surface area contributed by atoms with Crippen LogP contribution in [0.5, 0.6) is 0 Å². The molecule has 0 radical (unpaired) electrons. The molecule has 0 saturated heterocycles. The molecule has 5 N–H and O–H groups in total. The third-order valence-electron chi connectivity index (χ3n) is 5.42. The fourth-order valence-electron chi connectivity index (χ4n) is 3.95. The second kappa shape index (κ2) is 8.82. The van der Waals surface area contributed by atoms with Gasteiger partial charge in [-0.3, -0.25) is 9.79 Å². The van der Waals surface area contributed by atoms with Crippen LogP contribution < -0.4 is 17.0 Å². The fraction of sp³-hybridized carbons (Fsp3) is 0.0833. The number of aliphatic imine (C=N–C) groups is 1. The van der Waals surface area contributed by atoms with Crippen LogP contribution in [0.15, 0.2) is 58.5 Å². The third kappa shape index (κ3) is 3.63. The highest BCUT2D eigenvalue weighted by Gasteiger charge is 2.23. The maximum Gasteiger partial charge on any atom is 0.273 e. The number of allylic oxidation sites excluding steroid dienone is 1. The van der Waals surface area contributed by atoms with Crippen molar-refractivity contribution in [3.8, 4) is 6.07 Å². The molecule has 3 aromatic carbocycles. The SMILES string of the molecule is CN=C(/C(=C\N)c1cc(Cl)c2c(=O)[nH]nc(CN)c2c1)c1c(F)cc2ccccc2c1C#N. The lowest BCUT2D eigenvalue weighted by Gasteiger charge is -2.16. The second-order valence-electron chi connectivity index (χ2n) is 7.18. The molecule has 0 saturated carbocycles. The maximum absolute atomic E-state index is 15.3. The predicted molar refractivity (Wildman–Crippen MR) is 129 cm³/mol. The number of rotatable bonds is 4. The molecule has 0 amide bonds. The zero-order valence-electron chi connectivity index (χ0n) is 17.5. The van der Waals surface area contributed by atoms with Gasteiger partial charge < -0.3 is 11.5 Å². The molecule has 0 bridgehead atoms. The van der Waals surface area contributed by atoms with E-state index in [2.05, 4.69) is 21.3 Å². The van der Waals surface area contributed by atoms with Crippen LogP contribution in [0.1, 0.15) is 22.4 Å². The molecule has 164 valence electrons. The van der Waals surface area contributed by atoms with Gasteiger partial charge in [-0.25, -0.2) is 9.49 Å². The Morgan fingerprint density at radius 1 is 1.30 bits per heavy atom. The van der Waals surface area contributed by atoms with Crippen LogP contribution in [-0.2, 0) is 6.54 Å². The van der Waals surface area contributed by atoms with Crippen LogP contribution in [0.25, 0.3) is 27.1 Å². The number of nitrogens with two attached hydrogens (primary N) is 2. The summed E-state index contributed by atoms with van der Waals surface area (Å²) in [6, 6.07) is 13.7. The molecule has 1 heterocycles. The average Bonchev–Trinajstić information content (AvgIpc) is 2.81. The van der Waals surface area contributed by atoms with Crippen molar-refractivity contribution in [2.24, 2.45) is 16.5 Å². The van der Waals surface area contributed by atoms with Gasteiger partial charge in [0.05, 0.1) is 32.9 Å². The molecule has 9 heteroatoms. The van der Waals surface area contributed by atoms with E-state index < -0.39 is 11.4 Å². The second-order valence-corrected chi connectivity index (χ2v) is 7.59. The molecule has 33 heavy (non-hydrogen) atoms. The summed E-state index contributed by atoms with van der Waals surface area (Å²) in [5.74, 6) is -0.613. The van der Waals surface area contributed by atoms with E-state index >= 15 is 4.39 Å². The first-order chi connectivity index (χ1) is 15.9. The molecule has 0 spiro atoms. The highest BCUT2D eigenvalue weighted by Crippen LogP contribution is 2.33. The maximum atomic E-state index is 15.3. The summed E-state index contributed by atoms with van der Waals surface area (Å²) >= 11 is 6.44. The summed E-state index contributed by atoms with van der Waals surface area (Å²) in [5.41, 5.74) is 12.8. The summed E-state index contributed by atoms with van der Waals surface area (Å²) in [6.07, 6.45) is 1.26. The van der Waals surface area contributed by atoms with E-state index in [1.807, 2.05) is 0 Å². The summed E-state index contributed by atoms with van der Waals surface area (Å²) in [4.78, 5) is 16.6. The third-order valence-corrected chi connectivity index (χ3v) is 5.72. The minimum absolute atomic E-state index is 0.0229. The Balaban J connectivity index is 2.01. The van der Waals surface area contributed by atoms with E-state index in [0.29, 0.717) is 33.0 Å². The van der Waals surface area contributed by atoms with Gasteiger partial charge in [0.1, 0.15) is 11.9 Å². The number of benzene rings is 3. The Morgan fingerprint density at radius 2 is 2.06 bits per heavy atom. The fourth-order valence-corrected chi connectivity index (χ4v) is 4.26. The molecular weight excluding hydrogens is 443 g/mol. The van der Waals surface area contributed by atoms with E-state index in [9.17, 15) is 10.1 Å². The van der Waals surface area contributed by atoms with Gasteiger partial charge in [0.2, 0.25) is 0 Å². The van der Waals surface area contributed by atoms with Crippen LogP contribution in [0.3, 0.4) is 0 Å². The minimum atomic E-state index is -0.613. The summed E-state index contributed by atoms with van der Waals surface area (Å²) in [5, 5.41) is 18.3. The topological polar surface area (TPSA) is 134 Å². The van der Waals surface area contributed by atoms with Crippen molar-refractivity contribution in [2.75, 3.05) is 7.05 Å². The zero-order valence-corrected chi connectivity index (χ0v) is 18.2. The van der Waals surface area contributed by atoms with Gasteiger partial charge in [-0.1, -0.05) is 35.9 Å². The zero-order chi connectivity index (χ0) is 23.7. The van der Waals surface area contributed by atoms with Crippen molar-refractivity contribution < 1.29 is 4.39 Å². The number of aromatic amines is 1. The van der Waals surface area contributed by atoms with E-state index in [4.69, 9.17) is 23.1 Å². The molecule has 0 unspecified atom stereocenters. The molecule has 0 aliphatic carbocycles. The largest absolute Gasteiger partial charge is 0.404 e. The number of nitriles is 1. The van der Waals surface area contributed by atoms with Crippen molar-refractivity contribution in [1.29, 1.82) is 5.26 Å². The standard InChI is InChI=1S/C24H18ClFN6O/c1-30-23(22-17(10-28)14-5-3-2-4-12(14)8-19(22)26)16(9-27)13-6-15-20(11-29)31-32-24(33)21(15)18(25)7-13/h2-9H,11,27,29H2,1H3,(H,32,33)/b16-9-,30-23?. The van der Waals surface area contributed by atoms with E-state index in [-0.39, 0.29) is 33.8 Å². The number of H-pyrrole nitrogens is 1. The Kier molecular flexibility index (Phi) is 5.92. The molecule has 0 aliphatic rings. The number of fused-ring (bicyclic) bond motifs is 2.